The maximum atomic E-state index is 12.6. The molecule has 0 aliphatic carbocycles. The second kappa shape index (κ2) is 6.05. The minimum absolute atomic E-state index is 0.00483. The van der Waals surface area contributed by atoms with Crippen LogP contribution in [0.15, 0.2) is 6.20 Å². The van der Waals surface area contributed by atoms with E-state index in [4.69, 9.17) is 11.6 Å². The zero-order valence-electron chi connectivity index (χ0n) is 11.9. The molecule has 2 amide bonds. The van der Waals surface area contributed by atoms with Crippen molar-refractivity contribution in [2.75, 3.05) is 32.1 Å². The smallest absolute Gasteiger partial charge is 0.257 e. The second-order valence-electron chi connectivity index (χ2n) is 5.49. The van der Waals surface area contributed by atoms with E-state index in [9.17, 15) is 9.59 Å². The molecule has 0 spiro atoms. The highest BCUT2D eigenvalue weighted by Gasteiger charge is 2.27. The van der Waals surface area contributed by atoms with Crippen LogP contribution in [0.25, 0.3) is 0 Å². The lowest BCUT2D eigenvalue weighted by molar-refractivity contribution is -0.129. The van der Waals surface area contributed by atoms with Crippen molar-refractivity contribution in [2.45, 2.75) is 25.8 Å². The van der Waals surface area contributed by atoms with Gasteiger partial charge in [0.25, 0.3) is 5.91 Å². The highest BCUT2D eigenvalue weighted by molar-refractivity contribution is 6.27. The van der Waals surface area contributed by atoms with Crippen molar-refractivity contribution in [2.24, 2.45) is 0 Å². The molecule has 2 aliphatic rings. The monoisotopic (exact) mass is 310 g/mol. The summed E-state index contributed by atoms with van der Waals surface area (Å²) in [5.74, 6) is -0.0204. The van der Waals surface area contributed by atoms with Gasteiger partial charge in [0.05, 0.1) is 17.5 Å². The first-order valence-electron chi connectivity index (χ1n) is 7.38. The predicted molar refractivity (Wildman–Crippen MR) is 78.4 cm³/mol. The Morgan fingerprint density at radius 3 is 2.52 bits per heavy atom. The van der Waals surface area contributed by atoms with Crippen molar-refractivity contribution in [1.82, 2.24) is 19.6 Å². The van der Waals surface area contributed by atoms with Crippen molar-refractivity contribution in [3.63, 3.8) is 0 Å². The Labute approximate surface area is 128 Å². The van der Waals surface area contributed by atoms with Gasteiger partial charge in [0.2, 0.25) is 5.91 Å². The Hall–Kier alpha value is -1.56. The number of hydrogen-bond donors (Lipinski definition) is 0. The van der Waals surface area contributed by atoms with Crippen LogP contribution < -0.4 is 0 Å². The number of halogens is 1. The number of fused-ring (bicyclic) bond motifs is 1. The Morgan fingerprint density at radius 1 is 1.10 bits per heavy atom. The predicted octanol–water partition coefficient (Wildman–Crippen LogP) is 0.743. The van der Waals surface area contributed by atoms with E-state index in [-0.39, 0.29) is 17.7 Å². The molecule has 7 heteroatoms. The van der Waals surface area contributed by atoms with E-state index in [0.29, 0.717) is 26.2 Å². The van der Waals surface area contributed by atoms with E-state index in [1.807, 2.05) is 9.58 Å². The molecule has 1 aromatic rings. The molecule has 114 valence electrons. The van der Waals surface area contributed by atoms with Crippen LogP contribution in [0.1, 0.15) is 28.9 Å². The molecule has 0 N–H and O–H groups in total. The lowest BCUT2D eigenvalue weighted by Gasteiger charge is -2.34. The number of amides is 2. The first-order valence-corrected chi connectivity index (χ1v) is 7.92. The molecule has 0 atom stereocenters. The molecule has 0 aromatic carbocycles. The molecule has 1 aromatic heterocycles. The summed E-state index contributed by atoms with van der Waals surface area (Å²) in [6.07, 6.45) is 4.86. The van der Waals surface area contributed by atoms with Gasteiger partial charge in [0.15, 0.2) is 0 Å². The van der Waals surface area contributed by atoms with Gasteiger partial charge in [-0.2, -0.15) is 5.10 Å². The van der Waals surface area contributed by atoms with E-state index in [2.05, 4.69) is 5.10 Å². The van der Waals surface area contributed by atoms with Gasteiger partial charge in [0.1, 0.15) is 5.88 Å². The molecule has 0 bridgehead atoms. The normalized spacial score (nSPS) is 18.5. The molecule has 0 radical (unpaired) electrons. The number of nitrogens with zero attached hydrogens (tertiary/aromatic N) is 4. The number of alkyl halides is 1. The third-order valence-electron chi connectivity index (χ3n) is 4.25. The number of aryl methyl sites for hydroxylation is 1. The summed E-state index contributed by atoms with van der Waals surface area (Å²) in [5, 5.41) is 4.32. The minimum Gasteiger partial charge on any atom is -0.338 e. The lowest BCUT2D eigenvalue weighted by Crippen LogP contribution is -2.51. The molecule has 1 saturated heterocycles. The maximum absolute atomic E-state index is 12.6. The first-order chi connectivity index (χ1) is 10.2. The fourth-order valence-corrected chi connectivity index (χ4v) is 3.18. The molecular formula is C14H19ClN4O2. The van der Waals surface area contributed by atoms with E-state index >= 15 is 0 Å². The summed E-state index contributed by atoms with van der Waals surface area (Å²) in [6, 6.07) is 0. The summed E-state index contributed by atoms with van der Waals surface area (Å²) >= 11 is 5.56. The number of carbonyl (C=O) groups excluding carboxylic acids is 2. The average Bonchev–Trinajstić information content (AvgIpc) is 2.97. The SMILES string of the molecule is O=C(CCl)N1CCN(C(=O)c2cnn3c2CCCC3)CC1. The Kier molecular flexibility index (Phi) is 4.14. The molecule has 3 heterocycles. The number of hydrogen-bond acceptors (Lipinski definition) is 3. The Balaban J connectivity index is 1.67. The van der Waals surface area contributed by atoms with E-state index in [1.54, 1.807) is 11.1 Å². The summed E-state index contributed by atoms with van der Waals surface area (Å²) in [7, 11) is 0. The molecule has 3 rings (SSSR count). The number of aromatic nitrogens is 2. The fraction of sp³-hybridized carbons (Fsp3) is 0.643. The third kappa shape index (κ3) is 2.77. The van der Waals surface area contributed by atoms with Crippen LogP contribution in [0.4, 0.5) is 0 Å². The molecule has 21 heavy (non-hydrogen) atoms. The third-order valence-corrected chi connectivity index (χ3v) is 4.48. The van der Waals surface area contributed by atoms with Crippen molar-refractivity contribution in [3.05, 3.63) is 17.5 Å². The second-order valence-corrected chi connectivity index (χ2v) is 5.76. The van der Waals surface area contributed by atoms with E-state index < -0.39 is 0 Å². The molecule has 6 nitrogen and oxygen atoms in total. The summed E-state index contributed by atoms with van der Waals surface area (Å²) < 4.78 is 1.95. The van der Waals surface area contributed by atoms with Gasteiger partial charge >= 0.3 is 0 Å². The summed E-state index contributed by atoms with van der Waals surface area (Å²) in [6.45, 7) is 3.14. The van der Waals surface area contributed by atoms with E-state index in [0.717, 1.165) is 37.1 Å². The maximum Gasteiger partial charge on any atom is 0.257 e. The topological polar surface area (TPSA) is 58.4 Å². The van der Waals surface area contributed by atoms with Gasteiger partial charge in [-0.1, -0.05) is 0 Å². The molecule has 2 aliphatic heterocycles. The van der Waals surface area contributed by atoms with Gasteiger partial charge in [-0.25, -0.2) is 0 Å². The van der Waals surface area contributed by atoms with Gasteiger partial charge in [-0.3, -0.25) is 14.3 Å². The number of rotatable bonds is 2. The first kappa shape index (κ1) is 14.4. The summed E-state index contributed by atoms with van der Waals surface area (Å²) in [4.78, 5) is 27.7. The highest BCUT2D eigenvalue weighted by atomic mass is 35.5. The van der Waals surface area contributed by atoms with E-state index in [1.165, 1.54) is 0 Å². The quantitative estimate of drug-likeness (QED) is 0.757. The zero-order valence-corrected chi connectivity index (χ0v) is 12.7. The van der Waals surface area contributed by atoms with Crippen LogP contribution in [0.5, 0.6) is 0 Å². The molecule has 0 saturated carbocycles. The number of piperazine rings is 1. The van der Waals surface area contributed by atoms with Crippen LogP contribution >= 0.6 is 11.6 Å². The largest absolute Gasteiger partial charge is 0.338 e. The van der Waals surface area contributed by atoms with Crippen LogP contribution in [0, 0.1) is 0 Å². The Bertz CT molecular complexity index is 549. The van der Waals surface area contributed by atoms with Gasteiger partial charge in [0, 0.05) is 32.7 Å². The number of carbonyl (C=O) groups is 2. The van der Waals surface area contributed by atoms with Gasteiger partial charge < -0.3 is 9.80 Å². The van der Waals surface area contributed by atoms with Crippen LogP contribution in [-0.4, -0.2) is 63.5 Å². The molecule has 0 unspecified atom stereocenters. The van der Waals surface area contributed by atoms with Crippen molar-refractivity contribution in [3.8, 4) is 0 Å². The average molecular weight is 311 g/mol. The van der Waals surface area contributed by atoms with Crippen molar-refractivity contribution >= 4 is 23.4 Å². The van der Waals surface area contributed by atoms with Crippen molar-refractivity contribution in [1.29, 1.82) is 0 Å². The van der Waals surface area contributed by atoms with Crippen molar-refractivity contribution < 1.29 is 9.59 Å². The lowest BCUT2D eigenvalue weighted by atomic mass is 10.1. The fourth-order valence-electron chi connectivity index (χ4n) is 3.01. The summed E-state index contributed by atoms with van der Waals surface area (Å²) in [5.41, 5.74) is 1.79. The Morgan fingerprint density at radius 2 is 1.81 bits per heavy atom. The van der Waals surface area contributed by atoms with Gasteiger partial charge in [-0.05, 0) is 19.3 Å². The highest BCUT2D eigenvalue weighted by Crippen LogP contribution is 2.20. The standard InChI is InChI=1S/C14H19ClN4O2/c15-9-13(20)17-5-7-18(8-6-17)14(21)11-10-16-19-4-2-1-3-12(11)19/h10H,1-9H2. The van der Waals surface area contributed by atoms with Crippen LogP contribution in [0.3, 0.4) is 0 Å². The molecular weight excluding hydrogens is 292 g/mol. The zero-order chi connectivity index (χ0) is 14.8. The van der Waals surface area contributed by atoms with Crippen LogP contribution in [0.2, 0.25) is 0 Å². The minimum atomic E-state index is -0.0633. The molecule has 1 fully saturated rings. The van der Waals surface area contributed by atoms with Crippen LogP contribution in [-0.2, 0) is 17.8 Å². The van der Waals surface area contributed by atoms with Gasteiger partial charge in [-0.15, -0.1) is 11.6 Å².